The third-order valence-corrected chi connectivity index (χ3v) is 9.15. The van der Waals surface area contributed by atoms with Gasteiger partial charge in [0.1, 0.15) is 11.4 Å². The predicted molar refractivity (Wildman–Crippen MR) is 143 cm³/mol. The molecule has 0 N–H and O–H groups in total. The van der Waals surface area contributed by atoms with Crippen LogP contribution >= 0.6 is 0 Å². The van der Waals surface area contributed by atoms with Crippen molar-refractivity contribution in [3.63, 3.8) is 0 Å². The van der Waals surface area contributed by atoms with E-state index in [1.807, 2.05) is 27.7 Å². The quantitative estimate of drug-likeness (QED) is 0.529. The molecule has 2 aromatic carbocycles. The van der Waals surface area contributed by atoms with Crippen LogP contribution in [0.2, 0.25) is 0 Å². The van der Waals surface area contributed by atoms with Gasteiger partial charge >= 0.3 is 0 Å². The fourth-order valence-corrected chi connectivity index (χ4v) is 6.33. The number of carbonyl (C=O) groups is 2. The molecule has 7 nitrogen and oxygen atoms in total. The second-order valence-corrected chi connectivity index (χ2v) is 11.9. The van der Waals surface area contributed by atoms with E-state index in [0.29, 0.717) is 18.4 Å². The first kappa shape index (κ1) is 22.7. The molecule has 2 amide bonds. The number of aromatic nitrogens is 2. The summed E-state index contributed by atoms with van der Waals surface area (Å²) in [5, 5.41) is 5.48. The zero-order chi connectivity index (χ0) is 25.5. The molecule has 4 aliphatic rings. The van der Waals surface area contributed by atoms with E-state index in [1.54, 1.807) is 0 Å². The molecule has 0 radical (unpaired) electrons. The maximum absolute atomic E-state index is 13.4. The number of rotatable bonds is 5. The van der Waals surface area contributed by atoms with E-state index in [2.05, 4.69) is 55.3 Å². The Labute approximate surface area is 217 Å². The highest BCUT2D eigenvalue weighted by atomic mass is 16.2. The molecular weight excluding hydrogens is 462 g/mol. The molecule has 1 saturated heterocycles. The summed E-state index contributed by atoms with van der Waals surface area (Å²) in [6, 6.07) is 12.9. The summed E-state index contributed by atoms with van der Waals surface area (Å²) in [4.78, 5) is 35.2. The average Bonchev–Trinajstić information content (AvgIpc) is 3.47. The van der Waals surface area contributed by atoms with Crippen molar-refractivity contribution in [1.29, 1.82) is 0 Å². The van der Waals surface area contributed by atoms with Crippen molar-refractivity contribution in [1.82, 2.24) is 19.6 Å². The molecule has 3 heterocycles. The van der Waals surface area contributed by atoms with Crippen LogP contribution in [-0.4, -0.2) is 62.4 Å². The first-order valence-electron chi connectivity index (χ1n) is 13.5. The molecule has 37 heavy (non-hydrogen) atoms. The molecule has 1 aromatic heterocycles. The van der Waals surface area contributed by atoms with Gasteiger partial charge in [0, 0.05) is 49.0 Å². The van der Waals surface area contributed by atoms with Gasteiger partial charge in [0.2, 0.25) is 5.91 Å². The second kappa shape index (κ2) is 7.76. The minimum atomic E-state index is -0.537. The lowest BCUT2D eigenvalue weighted by Crippen LogP contribution is -2.59. The lowest BCUT2D eigenvalue weighted by Gasteiger charge is -2.48. The summed E-state index contributed by atoms with van der Waals surface area (Å²) in [7, 11) is 1.95. The highest BCUT2D eigenvalue weighted by Gasteiger charge is 2.58. The van der Waals surface area contributed by atoms with Gasteiger partial charge in [-0.25, -0.2) is 0 Å². The largest absolute Gasteiger partial charge is 0.341 e. The third-order valence-electron chi connectivity index (χ3n) is 9.15. The Hall–Kier alpha value is -3.48. The monoisotopic (exact) mass is 495 g/mol. The zero-order valence-electron chi connectivity index (χ0n) is 21.8. The van der Waals surface area contributed by atoms with Gasteiger partial charge < -0.3 is 4.90 Å². The standard InChI is InChI=1S/C30H33N5O2/c1-19-13-21(22-6-8-25-23(14-22)15-31-33(25)3)5-7-24(19)26-32-30(11-12-30)28(37)35(26)18-20-16-34(17-20)27(36)29(2)9-4-10-29/h5-8,13-15,20H,4,9-12,16-18H2,1-3H3. The van der Waals surface area contributed by atoms with Crippen molar-refractivity contribution in [2.75, 3.05) is 19.6 Å². The lowest BCUT2D eigenvalue weighted by atomic mass is 9.69. The Morgan fingerprint density at radius 3 is 2.46 bits per heavy atom. The van der Waals surface area contributed by atoms with E-state index in [9.17, 15) is 9.59 Å². The summed E-state index contributed by atoms with van der Waals surface area (Å²) in [5.41, 5.74) is 4.85. The van der Waals surface area contributed by atoms with Crippen molar-refractivity contribution in [2.24, 2.45) is 23.4 Å². The topological polar surface area (TPSA) is 70.8 Å². The van der Waals surface area contributed by atoms with Crippen LogP contribution in [0.5, 0.6) is 0 Å². The van der Waals surface area contributed by atoms with Gasteiger partial charge in [0.05, 0.1) is 11.7 Å². The van der Waals surface area contributed by atoms with Gasteiger partial charge in [-0.2, -0.15) is 5.10 Å². The highest BCUT2D eigenvalue weighted by Crippen LogP contribution is 2.47. The normalized spacial score (nSPS) is 21.8. The van der Waals surface area contributed by atoms with Gasteiger partial charge in [-0.05, 0) is 61.4 Å². The second-order valence-electron chi connectivity index (χ2n) is 11.9. The number of likely N-dealkylation sites (tertiary alicyclic amines) is 1. The van der Waals surface area contributed by atoms with Gasteiger partial charge in [-0.15, -0.1) is 0 Å². The van der Waals surface area contributed by atoms with Crippen molar-refractivity contribution in [3.8, 4) is 11.1 Å². The van der Waals surface area contributed by atoms with E-state index < -0.39 is 5.54 Å². The van der Waals surface area contributed by atoms with Crippen LogP contribution in [0.1, 0.15) is 50.2 Å². The van der Waals surface area contributed by atoms with Crippen LogP contribution in [0.4, 0.5) is 0 Å². The fraction of sp³-hybridized carbons (Fsp3) is 0.467. The number of aliphatic imine (C=N–C) groups is 1. The maximum Gasteiger partial charge on any atom is 0.256 e. The van der Waals surface area contributed by atoms with Gasteiger partial charge in [0.25, 0.3) is 5.91 Å². The molecule has 7 heteroatoms. The van der Waals surface area contributed by atoms with Crippen molar-refractivity contribution >= 4 is 28.6 Å². The van der Waals surface area contributed by atoms with E-state index >= 15 is 0 Å². The number of amidine groups is 1. The summed E-state index contributed by atoms with van der Waals surface area (Å²) >= 11 is 0. The maximum atomic E-state index is 13.4. The number of carbonyl (C=O) groups excluding carboxylic acids is 2. The molecule has 190 valence electrons. The molecule has 0 atom stereocenters. The molecule has 2 aliphatic carbocycles. The summed E-state index contributed by atoms with van der Waals surface area (Å²) in [6.07, 6.45) is 6.72. The molecule has 0 unspecified atom stereocenters. The van der Waals surface area contributed by atoms with Crippen molar-refractivity contribution < 1.29 is 9.59 Å². The van der Waals surface area contributed by atoms with Crippen LogP contribution in [0.15, 0.2) is 47.6 Å². The summed E-state index contributed by atoms with van der Waals surface area (Å²) < 4.78 is 1.88. The molecule has 7 rings (SSSR count). The number of hydrogen-bond acceptors (Lipinski definition) is 4. The SMILES string of the molecule is Cc1cc(-c2ccc3c(cnn3C)c2)ccc1C1=NC2(CC2)C(=O)N1CC1CN(C(=O)C2(C)CCC2)C1. The smallest absolute Gasteiger partial charge is 0.256 e. The highest BCUT2D eigenvalue weighted by molar-refractivity contribution is 6.17. The van der Waals surface area contributed by atoms with Crippen LogP contribution < -0.4 is 0 Å². The fourth-order valence-electron chi connectivity index (χ4n) is 6.33. The predicted octanol–water partition coefficient (Wildman–Crippen LogP) is 4.32. The molecule has 3 aromatic rings. The number of benzene rings is 2. The van der Waals surface area contributed by atoms with Gasteiger partial charge in [0.15, 0.2) is 0 Å². The molecule has 3 fully saturated rings. The lowest BCUT2D eigenvalue weighted by molar-refractivity contribution is -0.153. The van der Waals surface area contributed by atoms with Crippen molar-refractivity contribution in [3.05, 3.63) is 53.7 Å². The summed E-state index contributed by atoms with van der Waals surface area (Å²) in [6.45, 7) is 6.33. The molecule has 2 aliphatic heterocycles. The number of aryl methyl sites for hydroxylation is 2. The number of amides is 2. The molecule has 1 spiro atoms. The zero-order valence-corrected chi connectivity index (χ0v) is 21.8. The Morgan fingerprint density at radius 1 is 1.05 bits per heavy atom. The van der Waals surface area contributed by atoms with Crippen LogP contribution in [0.3, 0.4) is 0 Å². The van der Waals surface area contributed by atoms with Gasteiger partial charge in [-0.3, -0.25) is 24.2 Å². The van der Waals surface area contributed by atoms with Crippen LogP contribution in [0.25, 0.3) is 22.0 Å². The molecular formula is C30H33N5O2. The van der Waals surface area contributed by atoms with Crippen LogP contribution in [0, 0.1) is 18.3 Å². The first-order valence-corrected chi connectivity index (χ1v) is 13.5. The number of hydrogen-bond donors (Lipinski definition) is 0. The van der Waals surface area contributed by atoms with E-state index in [4.69, 9.17) is 4.99 Å². The number of nitrogens with zero attached hydrogens (tertiary/aromatic N) is 5. The van der Waals surface area contributed by atoms with Crippen molar-refractivity contribution in [2.45, 2.75) is 51.5 Å². The van der Waals surface area contributed by atoms with Gasteiger partial charge in [-0.1, -0.05) is 37.6 Å². The molecule has 0 bridgehead atoms. The Morgan fingerprint density at radius 2 is 1.78 bits per heavy atom. The van der Waals surface area contributed by atoms with E-state index in [-0.39, 0.29) is 11.3 Å². The minimum Gasteiger partial charge on any atom is -0.341 e. The Kier molecular flexibility index (Phi) is 4.76. The first-order chi connectivity index (χ1) is 17.8. The van der Waals surface area contributed by atoms with Crippen LogP contribution in [-0.2, 0) is 16.6 Å². The summed E-state index contributed by atoms with van der Waals surface area (Å²) in [5.74, 6) is 1.56. The Bertz CT molecular complexity index is 1490. The number of fused-ring (bicyclic) bond motifs is 1. The van der Waals surface area contributed by atoms with E-state index in [1.165, 1.54) is 0 Å². The molecule has 2 saturated carbocycles. The third kappa shape index (κ3) is 3.46. The Balaban J connectivity index is 1.12. The van der Waals surface area contributed by atoms with E-state index in [0.717, 1.165) is 84.2 Å². The minimum absolute atomic E-state index is 0.142. The average molecular weight is 496 g/mol.